The lowest BCUT2D eigenvalue weighted by Crippen LogP contribution is -2.15. The molecule has 0 atom stereocenters. The first-order valence-corrected chi connectivity index (χ1v) is 5.22. The maximum atomic E-state index is 5.02. The highest BCUT2D eigenvalue weighted by Crippen LogP contribution is 2.20. The van der Waals surface area contributed by atoms with Gasteiger partial charge in [-0.05, 0) is 25.0 Å². The standard InChI is InChI=1S/C11H13N3O/c1-2-9(1)12-6-10-5-11(14-13-10)8-3-4-15-7-8/h3-5,7,9,12H,1-2,6H2,(H,13,14). The Hall–Kier alpha value is -1.55. The summed E-state index contributed by atoms with van der Waals surface area (Å²) in [5.41, 5.74) is 3.08. The number of aromatic amines is 1. The maximum Gasteiger partial charge on any atom is 0.0997 e. The van der Waals surface area contributed by atoms with E-state index in [0.717, 1.165) is 29.5 Å². The fourth-order valence-corrected chi connectivity index (χ4v) is 1.55. The van der Waals surface area contributed by atoms with Crippen molar-refractivity contribution in [2.75, 3.05) is 0 Å². The van der Waals surface area contributed by atoms with Crippen LogP contribution in [0.4, 0.5) is 0 Å². The Kier molecular flexibility index (Phi) is 2.07. The van der Waals surface area contributed by atoms with E-state index >= 15 is 0 Å². The topological polar surface area (TPSA) is 53.9 Å². The highest BCUT2D eigenvalue weighted by atomic mass is 16.3. The molecule has 2 heterocycles. The van der Waals surface area contributed by atoms with Crippen molar-refractivity contribution in [2.24, 2.45) is 0 Å². The summed E-state index contributed by atoms with van der Waals surface area (Å²) in [6.07, 6.45) is 5.98. The molecule has 1 saturated carbocycles. The molecule has 0 saturated heterocycles. The smallest absolute Gasteiger partial charge is 0.0997 e. The molecule has 0 aliphatic heterocycles. The van der Waals surface area contributed by atoms with Crippen molar-refractivity contribution in [3.05, 3.63) is 30.4 Å². The molecule has 0 amide bonds. The van der Waals surface area contributed by atoms with Crippen molar-refractivity contribution in [3.8, 4) is 11.3 Å². The van der Waals surface area contributed by atoms with E-state index in [0.29, 0.717) is 0 Å². The van der Waals surface area contributed by atoms with Crippen LogP contribution in [-0.4, -0.2) is 16.2 Å². The fraction of sp³-hybridized carbons (Fsp3) is 0.364. The Morgan fingerprint density at radius 1 is 1.53 bits per heavy atom. The zero-order valence-electron chi connectivity index (χ0n) is 8.36. The minimum absolute atomic E-state index is 0.727. The summed E-state index contributed by atoms with van der Waals surface area (Å²) in [6, 6.07) is 4.69. The molecule has 0 unspecified atom stereocenters. The highest BCUT2D eigenvalue weighted by Gasteiger charge is 2.20. The van der Waals surface area contributed by atoms with Crippen molar-refractivity contribution in [1.29, 1.82) is 0 Å². The first kappa shape index (κ1) is 8.73. The quantitative estimate of drug-likeness (QED) is 0.798. The van der Waals surface area contributed by atoms with Gasteiger partial charge in [0.2, 0.25) is 0 Å². The lowest BCUT2D eigenvalue weighted by molar-refractivity contribution is 0.568. The number of furan rings is 1. The number of rotatable bonds is 4. The van der Waals surface area contributed by atoms with Gasteiger partial charge in [-0.2, -0.15) is 5.10 Å². The molecule has 4 nitrogen and oxygen atoms in total. The van der Waals surface area contributed by atoms with Gasteiger partial charge in [-0.1, -0.05) is 0 Å². The zero-order chi connectivity index (χ0) is 10.1. The van der Waals surface area contributed by atoms with E-state index in [1.54, 1.807) is 12.5 Å². The molecule has 4 heteroatoms. The molecule has 1 aliphatic carbocycles. The molecule has 1 fully saturated rings. The van der Waals surface area contributed by atoms with Crippen molar-refractivity contribution in [2.45, 2.75) is 25.4 Å². The summed E-state index contributed by atoms with van der Waals surface area (Å²) in [7, 11) is 0. The molecule has 2 aromatic heterocycles. The van der Waals surface area contributed by atoms with Gasteiger partial charge >= 0.3 is 0 Å². The maximum absolute atomic E-state index is 5.02. The number of nitrogens with zero attached hydrogens (tertiary/aromatic N) is 1. The van der Waals surface area contributed by atoms with E-state index in [-0.39, 0.29) is 0 Å². The van der Waals surface area contributed by atoms with Gasteiger partial charge in [0, 0.05) is 23.8 Å². The number of hydrogen-bond donors (Lipinski definition) is 2. The SMILES string of the molecule is c1cc(-c2cc(CNC3CC3)[nH]n2)co1. The Bertz CT molecular complexity index is 428. The van der Waals surface area contributed by atoms with Crippen LogP contribution in [-0.2, 0) is 6.54 Å². The number of H-pyrrole nitrogens is 1. The zero-order valence-corrected chi connectivity index (χ0v) is 8.36. The van der Waals surface area contributed by atoms with Crippen LogP contribution >= 0.6 is 0 Å². The predicted molar refractivity (Wildman–Crippen MR) is 56.2 cm³/mol. The average molecular weight is 203 g/mol. The van der Waals surface area contributed by atoms with Gasteiger partial charge < -0.3 is 9.73 Å². The Morgan fingerprint density at radius 2 is 2.47 bits per heavy atom. The van der Waals surface area contributed by atoms with E-state index in [1.807, 2.05) is 6.07 Å². The van der Waals surface area contributed by atoms with E-state index in [9.17, 15) is 0 Å². The molecule has 0 radical (unpaired) electrons. The molecule has 2 aromatic rings. The lowest BCUT2D eigenvalue weighted by atomic mass is 10.2. The Labute approximate surface area is 87.7 Å². The van der Waals surface area contributed by atoms with Crippen LogP contribution < -0.4 is 5.32 Å². The van der Waals surface area contributed by atoms with Gasteiger partial charge in [-0.15, -0.1) is 0 Å². The van der Waals surface area contributed by atoms with E-state index in [1.165, 1.54) is 12.8 Å². The Morgan fingerprint density at radius 3 is 3.20 bits per heavy atom. The van der Waals surface area contributed by atoms with Crippen LogP contribution in [0.25, 0.3) is 11.3 Å². The summed E-state index contributed by atoms with van der Waals surface area (Å²) in [6.45, 7) is 0.871. The monoisotopic (exact) mass is 203 g/mol. The van der Waals surface area contributed by atoms with Crippen molar-refractivity contribution >= 4 is 0 Å². The molecule has 0 spiro atoms. The minimum Gasteiger partial charge on any atom is -0.472 e. The van der Waals surface area contributed by atoms with Crippen LogP contribution in [0.3, 0.4) is 0 Å². The molecule has 15 heavy (non-hydrogen) atoms. The third-order valence-electron chi connectivity index (χ3n) is 2.61. The van der Waals surface area contributed by atoms with Crippen molar-refractivity contribution < 1.29 is 4.42 Å². The molecule has 0 aromatic carbocycles. The van der Waals surface area contributed by atoms with Crippen LogP contribution in [0.5, 0.6) is 0 Å². The van der Waals surface area contributed by atoms with Gasteiger partial charge in [-0.3, -0.25) is 5.10 Å². The van der Waals surface area contributed by atoms with E-state index in [2.05, 4.69) is 21.6 Å². The third-order valence-corrected chi connectivity index (χ3v) is 2.61. The molecule has 1 aliphatic rings. The third kappa shape index (κ3) is 1.94. The van der Waals surface area contributed by atoms with Gasteiger partial charge in [0.25, 0.3) is 0 Å². The molecular formula is C11H13N3O. The van der Waals surface area contributed by atoms with Crippen LogP contribution in [0.15, 0.2) is 29.1 Å². The first-order valence-electron chi connectivity index (χ1n) is 5.22. The van der Waals surface area contributed by atoms with Crippen molar-refractivity contribution in [3.63, 3.8) is 0 Å². The van der Waals surface area contributed by atoms with Crippen molar-refractivity contribution in [1.82, 2.24) is 15.5 Å². The molecule has 0 bridgehead atoms. The van der Waals surface area contributed by atoms with Gasteiger partial charge in [0.05, 0.1) is 18.2 Å². The molecule has 3 rings (SSSR count). The predicted octanol–water partition coefficient (Wildman–Crippen LogP) is 1.92. The summed E-state index contributed by atoms with van der Waals surface area (Å²) in [5.74, 6) is 0. The first-order chi connectivity index (χ1) is 7.42. The van der Waals surface area contributed by atoms with Gasteiger partial charge in [0.1, 0.15) is 0 Å². The fourth-order valence-electron chi connectivity index (χ4n) is 1.55. The second kappa shape index (κ2) is 3.55. The molecule has 2 N–H and O–H groups in total. The molecule has 78 valence electrons. The van der Waals surface area contributed by atoms with E-state index < -0.39 is 0 Å². The summed E-state index contributed by atoms with van der Waals surface area (Å²) in [4.78, 5) is 0. The normalized spacial score (nSPS) is 15.7. The lowest BCUT2D eigenvalue weighted by Gasteiger charge is -1.97. The number of aromatic nitrogens is 2. The number of hydrogen-bond acceptors (Lipinski definition) is 3. The Balaban J connectivity index is 1.69. The van der Waals surface area contributed by atoms with Crippen LogP contribution in [0.2, 0.25) is 0 Å². The van der Waals surface area contributed by atoms with E-state index in [4.69, 9.17) is 4.42 Å². The summed E-state index contributed by atoms with van der Waals surface area (Å²) in [5, 5.41) is 10.7. The molecular weight excluding hydrogens is 190 g/mol. The number of nitrogens with one attached hydrogen (secondary N) is 2. The van der Waals surface area contributed by atoms with Gasteiger partial charge in [-0.25, -0.2) is 0 Å². The van der Waals surface area contributed by atoms with Gasteiger partial charge in [0.15, 0.2) is 0 Å². The highest BCUT2D eigenvalue weighted by molar-refractivity contribution is 5.57. The minimum atomic E-state index is 0.727. The summed E-state index contributed by atoms with van der Waals surface area (Å²) >= 11 is 0. The van der Waals surface area contributed by atoms with Crippen LogP contribution in [0.1, 0.15) is 18.5 Å². The summed E-state index contributed by atoms with van der Waals surface area (Å²) < 4.78 is 5.02. The average Bonchev–Trinajstić information content (AvgIpc) is 2.78. The second-order valence-electron chi connectivity index (χ2n) is 3.95. The largest absolute Gasteiger partial charge is 0.472 e. The van der Waals surface area contributed by atoms with Crippen LogP contribution in [0, 0.1) is 0 Å². The second-order valence-corrected chi connectivity index (χ2v) is 3.95.